The predicted molar refractivity (Wildman–Crippen MR) is 88.7 cm³/mol. The molecule has 3 aromatic rings. The summed E-state index contributed by atoms with van der Waals surface area (Å²) in [5, 5.41) is 59.1. The molecule has 1 aliphatic carbocycles. The van der Waals surface area contributed by atoms with Gasteiger partial charge in [-0.3, -0.25) is 14.7 Å². The molecule has 1 aliphatic rings. The number of fused-ring (bicyclic) bond motifs is 2. The SMILES string of the molecule is O=C(O)c1ccc2[nH]cc(C3C([N+](=O)[O-])=CC(=[N+]([O-])[O-])c4no[n+]([O-])c43)c2c1. The summed E-state index contributed by atoms with van der Waals surface area (Å²) in [5.74, 6) is -2.58. The number of nitrogens with one attached hydrogen (secondary N) is 1. The summed E-state index contributed by atoms with van der Waals surface area (Å²) in [5.41, 5.74) is -1.69. The number of nitro groups is 1. The van der Waals surface area contributed by atoms with E-state index >= 15 is 0 Å². The van der Waals surface area contributed by atoms with Crippen molar-refractivity contribution >= 4 is 22.6 Å². The zero-order chi connectivity index (χ0) is 20.2. The van der Waals surface area contributed by atoms with E-state index in [1.165, 1.54) is 24.4 Å². The first-order valence-electron chi connectivity index (χ1n) is 7.61. The van der Waals surface area contributed by atoms with E-state index < -0.39 is 44.5 Å². The number of carboxylic acid groups (broad SMARTS) is 1. The van der Waals surface area contributed by atoms with Crippen molar-refractivity contribution in [3.05, 3.63) is 84.4 Å². The summed E-state index contributed by atoms with van der Waals surface area (Å²) in [7, 11) is 0. The molecule has 1 atom stereocenters. The summed E-state index contributed by atoms with van der Waals surface area (Å²) in [6.07, 6.45) is 2.08. The summed E-state index contributed by atoms with van der Waals surface area (Å²) < 4.78 is 4.45. The summed E-state index contributed by atoms with van der Waals surface area (Å²) in [6.45, 7) is 0. The molecule has 28 heavy (non-hydrogen) atoms. The Morgan fingerprint density at radius 2 is 2.07 bits per heavy atom. The molecule has 2 N–H and O–H groups in total. The maximum atomic E-state index is 12.1. The first kappa shape index (κ1) is 17.0. The van der Waals surface area contributed by atoms with Crippen LogP contribution in [0, 0.1) is 25.7 Å². The van der Waals surface area contributed by atoms with Gasteiger partial charge in [0, 0.05) is 17.1 Å². The number of H-pyrrole nitrogens is 1. The molecule has 2 heterocycles. The van der Waals surface area contributed by atoms with E-state index in [4.69, 9.17) is 0 Å². The second-order valence-corrected chi connectivity index (χ2v) is 5.88. The van der Waals surface area contributed by atoms with Crippen molar-refractivity contribution in [3.8, 4) is 0 Å². The number of hydrogen-bond acceptors (Lipinski definition) is 8. The van der Waals surface area contributed by atoms with Crippen molar-refractivity contribution in [2.75, 3.05) is 0 Å². The Bertz CT molecular complexity index is 1220. The second-order valence-electron chi connectivity index (χ2n) is 5.88. The summed E-state index contributed by atoms with van der Waals surface area (Å²) in [4.78, 5) is 23.9. The fraction of sp³-hybridized carbons (Fsp3) is 0.0667. The Morgan fingerprint density at radius 3 is 2.71 bits per heavy atom. The van der Waals surface area contributed by atoms with Crippen LogP contribution in [0.1, 0.15) is 33.2 Å². The highest BCUT2D eigenvalue weighted by molar-refractivity contribution is 6.06. The van der Waals surface area contributed by atoms with Crippen LogP contribution in [0.5, 0.6) is 0 Å². The van der Waals surface area contributed by atoms with Gasteiger partial charge in [-0.05, 0) is 28.7 Å². The van der Waals surface area contributed by atoms with Crippen LogP contribution < -0.4 is 4.90 Å². The Balaban J connectivity index is 2.04. The van der Waals surface area contributed by atoms with E-state index in [1.54, 1.807) is 0 Å². The second kappa shape index (κ2) is 5.80. The van der Waals surface area contributed by atoms with Gasteiger partial charge in [-0.25, -0.2) is 4.79 Å². The van der Waals surface area contributed by atoms with Crippen molar-refractivity contribution < 1.29 is 29.3 Å². The van der Waals surface area contributed by atoms with E-state index in [0.29, 0.717) is 10.9 Å². The van der Waals surface area contributed by atoms with Gasteiger partial charge in [0.1, 0.15) is 5.92 Å². The van der Waals surface area contributed by atoms with Crippen molar-refractivity contribution in [2.45, 2.75) is 5.92 Å². The number of rotatable bonds is 3. The van der Waals surface area contributed by atoms with E-state index in [2.05, 4.69) is 14.8 Å². The molecule has 0 saturated carbocycles. The topological polar surface area (TPSA) is 198 Å². The largest absolute Gasteiger partial charge is 0.612 e. The minimum atomic E-state index is -1.37. The fourth-order valence-corrected chi connectivity index (χ4v) is 3.23. The lowest BCUT2D eigenvalue weighted by Crippen LogP contribution is -2.36. The van der Waals surface area contributed by atoms with Crippen LogP contribution in [0.2, 0.25) is 0 Å². The number of carbonyl (C=O) groups is 1. The molecule has 142 valence electrons. The van der Waals surface area contributed by atoms with Crippen LogP contribution in [0.3, 0.4) is 0 Å². The van der Waals surface area contributed by atoms with Gasteiger partial charge in [-0.2, -0.15) is 4.90 Å². The molecule has 2 aromatic heterocycles. The zero-order valence-corrected chi connectivity index (χ0v) is 13.6. The normalized spacial score (nSPS) is 15.9. The van der Waals surface area contributed by atoms with Gasteiger partial charge >= 0.3 is 11.7 Å². The maximum Gasteiger partial charge on any atom is 0.335 e. The van der Waals surface area contributed by atoms with Crippen LogP contribution in [0.4, 0.5) is 0 Å². The molecule has 0 bridgehead atoms. The molecule has 0 saturated heterocycles. The number of aromatic carboxylic acids is 1. The number of carboxylic acids is 1. The smallest absolute Gasteiger partial charge is 0.335 e. The number of aromatic amines is 1. The Hall–Kier alpha value is -4.42. The highest BCUT2D eigenvalue weighted by Crippen LogP contribution is 2.39. The van der Waals surface area contributed by atoms with E-state index in [9.17, 15) is 35.6 Å². The first-order valence-corrected chi connectivity index (χ1v) is 7.61. The van der Waals surface area contributed by atoms with Crippen LogP contribution in [0.25, 0.3) is 10.9 Å². The van der Waals surface area contributed by atoms with Gasteiger partial charge in [0.25, 0.3) is 11.4 Å². The predicted octanol–water partition coefficient (Wildman–Crippen LogP) is 0.591. The average Bonchev–Trinajstić information content (AvgIpc) is 3.23. The third kappa shape index (κ3) is 2.33. The number of nitrogens with zero attached hydrogens (tertiary/aromatic N) is 4. The van der Waals surface area contributed by atoms with Crippen LogP contribution in [-0.2, 0) is 0 Å². The van der Waals surface area contributed by atoms with Gasteiger partial charge in [0.2, 0.25) is 5.69 Å². The molecule has 13 nitrogen and oxygen atoms in total. The number of allylic oxidation sites excluding steroid dienone is 2. The monoisotopic (exact) mass is 386 g/mol. The molecular formula is C15H8N5O8-. The molecular weight excluding hydrogens is 378 g/mol. The van der Waals surface area contributed by atoms with Gasteiger partial charge in [-0.15, -0.1) is 0 Å². The lowest BCUT2D eigenvalue weighted by atomic mass is 9.85. The third-order valence-corrected chi connectivity index (χ3v) is 4.42. The van der Waals surface area contributed by atoms with Gasteiger partial charge < -0.3 is 25.7 Å². The average molecular weight is 386 g/mol. The molecule has 0 spiro atoms. The summed E-state index contributed by atoms with van der Waals surface area (Å²) in [6, 6.07) is 4.10. The quantitative estimate of drug-likeness (QED) is 0.367. The van der Waals surface area contributed by atoms with Crippen LogP contribution in [0.15, 0.2) is 40.8 Å². The van der Waals surface area contributed by atoms with Gasteiger partial charge in [-0.1, -0.05) is 0 Å². The minimum absolute atomic E-state index is 0.0751. The Kier molecular flexibility index (Phi) is 3.52. The lowest BCUT2D eigenvalue weighted by Gasteiger charge is -2.16. The van der Waals surface area contributed by atoms with Crippen molar-refractivity contribution in [1.82, 2.24) is 10.1 Å². The molecule has 0 aliphatic heterocycles. The van der Waals surface area contributed by atoms with E-state index in [1.807, 2.05) is 0 Å². The molecule has 0 radical (unpaired) electrons. The number of hydrogen-bond donors (Lipinski definition) is 2. The number of aromatic nitrogens is 3. The highest BCUT2D eigenvalue weighted by Gasteiger charge is 2.47. The Labute approximate surface area is 153 Å². The van der Waals surface area contributed by atoms with Crippen molar-refractivity contribution in [2.24, 2.45) is 0 Å². The molecule has 1 unspecified atom stereocenters. The fourth-order valence-electron chi connectivity index (χ4n) is 3.23. The zero-order valence-electron chi connectivity index (χ0n) is 13.6. The molecule has 1 aromatic carbocycles. The lowest BCUT2D eigenvalue weighted by molar-refractivity contribution is -0.808. The maximum absolute atomic E-state index is 12.1. The number of benzene rings is 1. The van der Waals surface area contributed by atoms with Crippen molar-refractivity contribution in [1.29, 1.82) is 0 Å². The highest BCUT2D eigenvalue weighted by atomic mass is 16.8. The standard InChI is InChI=1S/C15H8N5O8/c21-15(22)6-1-2-9-7(3-6)8(5-16-9)12-10(18(23)24)4-11(19(25)26)13-14(12)20(27)28-17-13/h1-5,12,16H,(H-,17,21,22,25,26)/q-1. The van der Waals surface area contributed by atoms with Crippen molar-refractivity contribution in [3.63, 3.8) is 0 Å². The van der Waals surface area contributed by atoms with Gasteiger partial charge in [0.05, 0.1) is 21.7 Å². The van der Waals surface area contributed by atoms with Gasteiger partial charge in [0.15, 0.2) is 0 Å². The molecule has 13 heteroatoms. The Morgan fingerprint density at radius 1 is 1.32 bits per heavy atom. The van der Waals surface area contributed by atoms with E-state index in [0.717, 1.165) is 6.08 Å². The minimum Gasteiger partial charge on any atom is -0.612 e. The molecule has 0 amide bonds. The molecule has 0 fully saturated rings. The first-order chi connectivity index (χ1) is 13.3. The van der Waals surface area contributed by atoms with E-state index in [-0.39, 0.29) is 16.0 Å². The van der Waals surface area contributed by atoms with Crippen LogP contribution >= 0.6 is 0 Å². The third-order valence-electron chi connectivity index (χ3n) is 4.42. The molecule has 4 rings (SSSR count). The van der Waals surface area contributed by atoms with Crippen LogP contribution in [-0.4, -0.2) is 36.8 Å². The summed E-state index contributed by atoms with van der Waals surface area (Å²) >= 11 is 0.